The molecule has 5 heteroatoms. The zero-order valence-corrected chi connectivity index (χ0v) is 13.7. The van der Waals surface area contributed by atoms with Crippen molar-refractivity contribution < 1.29 is 13.9 Å². The van der Waals surface area contributed by atoms with E-state index in [1.54, 1.807) is 13.0 Å². The molecular weight excluding hydrogens is 294 g/mol. The predicted molar refractivity (Wildman–Crippen MR) is 88.8 cm³/mol. The maximum absolute atomic E-state index is 12.5. The summed E-state index contributed by atoms with van der Waals surface area (Å²) in [5, 5.41) is 1.82. The number of esters is 1. The minimum atomic E-state index is -0.422. The van der Waals surface area contributed by atoms with Crippen molar-refractivity contribution in [2.24, 2.45) is 0 Å². The van der Waals surface area contributed by atoms with E-state index in [9.17, 15) is 9.59 Å². The Morgan fingerprint density at radius 2 is 2.00 bits per heavy atom. The first-order valence-electron chi connectivity index (χ1n) is 7.62. The Morgan fingerprint density at radius 1 is 1.26 bits per heavy atom. The Hall–Kier alpha value is -2.56. The molecule has 5 nitrogen and oxygen atoms in total. The largest absolute Gasteiger partial charge is 0.465 e. The zero-order chi connectivity index (χ0) is 16.7. The van der Waals surface area contributed by atoms with Crippen molar-refractivity contribution in [3.63, 3.8) is 0 Å². The van der Waals surface area contributed by atoms with Gasteiger partial charge in [-0.05, 0) is 45.4 Å². The molecule has 0 spiro atoms. The van der Waals surface area contributed by atoms with Crippen molar-refractivity contribution in [2.45, 2.75) is 34.2 Å². The van der Waals surface area contributed by atoms with Gasteiger partial charge >= 0.3 is 5.97 Å². The Morgan fingerprint density at radius 3 is 2.70 bits per heavy atom. The van der Waals surface area contributed by atoms with Crippen LogP contribution in [0.4, 0.5) is 0 Å². The maximum Gasteiger partial charge on any atom is 0.326 e. The van der Waals surface area contributed by atoms with Gasteiger partial charge in [-0.25, -0.2) is 0 Å². The average molecular weight is 313 g/mol. The summed E-state index contributed by atoms with van der Waals surface area (Å²) in [7, 11) is 0. The van der Waals surface area contributed by atoms with Crippen molar-refractivity contribution in [2.75, 3.05) is 6.61 Å². The summed E-state index contributed by atoms with van der Waals surface area (Å²) in [6, 6.07) is 5.38. The maximum atomic E-state index is 12.5. The highest BCUT2D eigenvalue weighted by Gasteiger charge is 2.17. The van der Waals surface area contributed by atoms with Crippen LogP contribution in [0, 0.1) is 20.8 Å². The number of benzene rings is 1. The smallest absolute Gasteiger partial charge is 0.326 e. The van der Waals surface area contributed by atoms with E-state index >= 15 is 0 Å². The molecule has 120 valence electrons. The van der Waals surface area contributed by atoms with Crippen LogP contribution in [0.3, 0.4) is 0 Å². The molecule has 0 unspecified atom stereocenters. The van der Waals surface area contributed by atoms with Crippen molar-refractivity contribution in [1.82, 2.24) is 4.57 Å². The molecule has 0 amide bonds. The number of carbonyl (C=O) groups excluding carboxylic acids is 1. The van der Waals surface area contributed by atoms with Crippen molar-refractivity contribution in [3.8, 4) is 0 Å². The van der Waals surface area contributed by atoms with E-state index in [-0.39, 0.29) is 18.7 Å². The fraction of sp³-hybridized carbons (Fsp3) is 0.333. The Balaban J connectivity index is 2.42. The first kappa shape index (κ1) is 15.3. The lowest BCUT2D eigenvalue weighted by atomic mass is 10.0. The van der Waals surface area contributed by atoms with Gasteiger partial charge in [-0.15, -0.1) is 0 Å². The molecule has 1 aromatic carbocycles. The van der Waals surface area contributed by atoms with Crippen LogP contribution < -0.4 is 5.56 Å². The van der Waals surface area contributed by atoms with Gasteiger partial charge in [0.1, 0.15) is 17.9 Å². The zero-order valence-electron chi connectivity index (χ0n) is 13.7. The number of pyridine rings is 1. The van der Waals surface area contributed by atoms with E-state index < -0.39 is 5.97 Å². The van der Waals surface area contributed by atoms with Gasteiger partial charge in [0.25, 0.3) is 5.56 Å². The van der Waals surface area contributed by atoms with Gasteiger partial charge in [-0.2, -0.15) is 0 Å². The number of rotatable bonds is 3. The van der Waals surface area contributed by atoms with Crippen LogP contribution in [-0.2, 0) is 16.1 Å². The van der Waals surface area contributed by atoms with E-state index in [4.69, 9.17) is 9.15 Å². The third-order valence-electron chi connectivity index (χ3n) is 4.20. The number of nitrogens with zero attached hydrogens (tertiary/aromatic N) is 1. The van der Waals surface area contributed by atoms with Crippen molar-refractivity contribution in [1.29, 1.82) is 0 Å². The molecule has 0 aliphatic carbocycles. The van der Waals surface area contributed by atoms with Crippen LogP contribution in [0.15, 0.2) is 27.4 Å². The molecule has 0 saturated carbocycles. The predicted octanol–water partition coefficient (Wildman–Crippen LogP) is 3.24. The summed E-state index contributed by atoms with van der Waals surface area (Å²) >= 11 is 0. The van der Waals surface area contributed by atoms with Gasteiger partial charge < -0.3 is 9.15 Å². The lowest BCUT2D eigenvalue weighted by molar-refractivity contribution is -0.143. The highest BCUT2D eigenvalue weighted by molar-refractivity contribution is 6.07. The van der Waals surface area contributed by atoms with Gasteiger partial charge in [0.2, 0.25) is 0 Å². The summed E-state index contributed by atoms with van der Waals surface area (Å²) in [6.07, 6.45) is 0. The number of hydrogen-bond acceptors (Lipinski definition) is 4. The molecule has 0 saturated heterocycles. The molecule has 2 heterocycles. The molecule has 3 rings (SSSR count). The summed E-state index contributed by atoms with van der Waals surface area (Å²) in [4.78, 5) is 24.4. The van der Waals surface area contributed by atoms with Crippen molar-refractivity contribution in [3.05, 3.63) is 45.4 Å². The second kappa shape index (κ2) is 5.57. The van der Waals surface area contributed by atoms with Crippen LogP contribution in [0.5, 0.6) is 0 Å². The number of carbonyl (C=O) groups is 1. The van der Waals surface area contributed by atoms with Crippen LogP contribution in [0.1, 0.15) is 23.8 Å². The monoisotopic (exact) mass is 313 g/mol. The van der Waals surface area contributed by atoms with Gasteiger partial charge in [-0.3, -0.25) is 14.2 Å². The summed E-state index contributed by atoms with van der Waals surface area (Å²) in [5.41, 5.74) is 3.09. The van der Waals surface area contributed by atoms with Gasteiger partial charge in [0.05, 0.1) is 12.1 Å². The molecule has 0 atom stereocenters. The molecule has 0 fully saturated rings. The molecule has 0 radical (unpaired) electrons. The number of ether oxygens (including phenoxy) is 1. The van der Waals surface area contributed by atoms with Gasteiger partial charge in [0.15, 0.2) is 0 Å². The van der Waals surface area contributed by atoms with Gasteiger partial charge in [0, 0.05) is 22.4 Å². The molecule has 23 heavy (non-hydrogen) atoms. The Bertz CT molecular complexity index is 978. The molecule has 0 N–H and O–H groups in total. The molecule has 3 aromatic rings. The first-order valence-corrected chi connectivity index (χ1v) is 7.62. The van der Waals surface area contributed by atoms with Crippen LogP contribution in [0.25, 0.3) is 21.9 Å². The summed E-state index contributed by atoms with van der Waals surface area (Å²) < 4.78 is 12.2. The minimum Gasteiger partial charge on any atom is -0.465 e. The second-order valence-corrected chi connectivity index (χ2v) is 5.67. The Labute approximate surface area is 133 Å². The van der Waals surface area contributed by atoms with Crippen LogP contribution >= 0.6 is 0 Å². The fourth-order valence-corrected chi connectivity index (χ4v) is 2.98. The van der Waals surface area contributed by atoms with Crippen LogP contribution in [0.2, 0.25) is 0 Å². The van der Waals surface area contributed by atoms with Crippen molar-refractivity contribution >= 4 is 27.8 Å². The first-order chi connectivity index (χ1) is 10.9. The molecule has 2 aromatic heterocycles. The number of aryl methyl sites for hydroxylation is 3. The van der Waals surface area contributed by atoms with E-state index in [2.05, 4.69) is 0 Å². The minimum absolute atomic E-state index is 0.105. The normalized spacial score (nSPS) is 11.3. The number of hydrogen-bond donors (Lipinski definition) is 0. The average Bonchev–Trinajstić information content (AvgIpc) is 2.78. The quantitative estimate of drug-likeness (QED) is 0.696. The highest BCUT2D eigenvalue weighted by Crippen LogP contribution is 2.32. The second-order valence-electron chi connectivity index (χ2n) is 5.67. The van der Waals surface area contributed by atoms with Crippen LogP contribution in [-0.4, -0.2) is 17.1 Å². The molecule has 0 bridgehead atoms. The molecular formula is C18H19NO4. The van der Waals surface area contributed by atoms with E-state index in [1.807, 2.05) is 32.9 Å². The molecule has 0 aliphatic heterocycles. The lowest BCUT2D eigenvalue weighted by Crippen LogP contribution is -2.25. The SMILES string of the molecule is CCOC(=O)Cn1c(=O)cc(C)c2ccc3oc(C)c(C)c3c21. The standard InChI is InChI=1S/C18H19NO4/c1-5-22-16(21)9-19-15(20)8-10(2)13-6-7-14-17(18(13)19)11(3)12(4)23-14/h6-8H,5,9H2,1-4H3. The van der Waals surface area contributed by atoms with E-state index in [0.717, 1.165) is 38.8 Å². The number of aromatic nitrogens is 1. The Kier molecular flexibility index (Phi) is 3.72. The number of furan rings is 1. The molecule has 0 aliphatic rings. The topological polar surface area (TPSA) is 61.4 Å². The van der Waals surface area contributed by atoms with E-state index in [1.165, 1.54) is 4.57 Å². The summed E-state index contributed by atoms with van der Waals surface area (Å²) in [5.74, 6) is 0.388. The highest BCUT2D eigenvalue weighted by atomic mass is 16.5. The third kappa shape index (κ3) is 2.42. The third-order valence-corrected chi connectivity index (χ3v) is 4.20. The lowest BCUT2D eigenvalue weighted by Gasteiger charge is -2.12. The van der Waals surface area contributed by atoms with Gasteiger partial charge in [-0.1, -0.05) is 0 Å². The number of fused-ring (bicyclic) bond motifs is 3. The van der Waals surface area contributed by atoms with E-state index in [0.29, 0.717) is 0 Å². The summed E-state index contributed by atoms with van der Waals surface area (Å²) in [6.45, 7) is 7.68. The fourth-order valence-electron chi connectivity index (χ4n) is 2.98.